The maximum Gasteiger partial charge on any atom is 0.269 e. The molecule has 1 aromatic carbocycles. The van der Waals surface area contributed by atoms with Crippen LogP contribution in [0.2, 0.25) is 0 Å². The van der Waals surface area contributed by atoms with Gasteiger partial charge in [-0.2, -0.15) is 4.72 Å². The van der Waals surface area contributed by atoms with Crippen LogP contribution >= 0.6 is 0 Å². The molecule has 2 fully saturated rings. The Hall–Kier alpha value is -1.69. The van der Waals surface area contributed by atoms with Crippen molar-refractivity contribution in [2.75, 3.05) is 13.1 Å². The third-order valence-corrected chi connectivity index (χ3v) is 7.50. The van der Waals surface area contributed by atoms with Gasteiger partial charge in [-0.25, -0.2) is 17.2 Å². The van der Waals surface area contributed by atoms with Crippen molar-refractivity contribution in [3.8, 4) is 0 Å². The fourth-order valence-corrected chi connectivity index (χ4v) is 5.49. The van der Waals surface area contributed by atoms with Crippen LogP contribution in [-0.4, -0.2) is 61.5 Å². The minimum absolute atomic E-state index is 0.194. The Bertz CT molecular complexity index is 871. The van der Waals surface area contributed by atoms with Crippen molar-refractivity contribution in [3.63, 3.8) is 0 Å². The lowest BCUT2D eigenvalue weighted by atomic mass is 9.89. The minimum atomic E-state index is -4.31. The number of non-ortho nitro benzene ring substituents is 1. The molecule has 11 heteroatoms. The van der Waals surface area contributed by atoms with Crippen molar-refractivity contribution in [1.29, 1.82) is 0 Å². The van der Waals surface area contributed by atoms with Gasteiger partial charge in [0.2, 0.25) is 10.0 Å². The molecule has 1 aliphatic carbocycles. The number of rotatable bonds is 7. The average molecular weight is 462 g/mol. The monoisotopic (exact) mass is 461 g/mol. The van der Waals surface area contributed by atoms with Gasteiger partial charge in [0.25, 0.3) is 11.6 Å². The molecule has 0 aromatic heterocycles. The summed E-state index contributed by atoms with van der Waals surface area (Å²) in [6.45, 7) is 5.83. The molecule has 1 aliphatic heterocycles. The van der Waals surface area contributed by atoms with Gasteiger partial charge in [0, 0.05) is 37.7 Å². The first kappa shape index (κ1) is 24.0. The molecule has 174 valence electrons. The molecule has 1 saturated heterocycles. The van der Waals surface area contributed by atoms with E-state index in [1.165, 1.54) is 0 Å². The number of nitrogens with zero attached hydrogens (tertiary/aromatic N) is 2. The summed E-state index contributed by atoms with van der Waals surface area (Å²) in [5, 5.41) is 10.8. The molecule has 1 saturated carbocycles. The van der Waals surface area contributed by atoms with Crippen molar-refractivity contribution < 1.29 is 26.9 Å². The first-order chi connectivity index (χ1) is 14.5. The molecule has 8 nitrogen and oxygen atoms in total. The number of nitro groups is 1. The lowest BCUT2D eigenvalue weighted by Crippen LogP contribution is -2.58. The molecule has 1 heterocycles. The number of nitrogens with one attached hydrogen (secondary N) is 1. The van der Waals surface area contributed by atoms with Crippen molar-refractivity contribution in [2.24, 2.45) is 0 Å². The van der Waals surface area contributed by atoms with E-state index in [1.54, 1.807) is 0 Å². The predicted molar refractivity (Wildman–Crippen MR) is 111 cm³/mol. The zero-order valence-corrected chi connectivity index (χ0v) is 18.5. The largest absolute Gasteiger partial charge is 0.373 e. The summed E-state index contributed by atoms with van der Waals surface area (Å²) in [5.74, 6) is -3.25. The number of sulfonamides is 1. The van der Waals surface area contributed by atoms with E-state index >= 15 is 0 Å². The highest BCUT2D eigenvalue weighted by molar-refractivity contribution is 7.89. The van der Waals surface area contributed by atoms with Crippen molar-refractivity contribution in [1.82, 2.24) is 9.62 Å². The summed E-state index contributed by atoms with van der Waals surface area (Å²) in [6, 6.07) is 2.86. The van der Waals surface area contributed by atoms with Gasteiger partial charge in [-0.05, 0) is 51.7 Å². The fraction of sp³-hybridized carbons (Fsp3) is 0.700. The van der Waals surface area contributed by atoms with Crippen LogP contribution in [0.15, 0.2) is 29.2 Å². The van der Waals surface area contributed by atoms with E-state index in [4.69, 9.17) is 4.74 Å². The van der Waals surface area contributed by atoms with Gasteiger partial charge in [-0.15, -0.1) is 0 Å². The second kappa shape index (κ2) is 9.43. The molecule has 1 aromatic rings. The molecule has 0 bridgehead atoms. The van der Waals surface area contributed by atoms with Crippen molar-refractivity contribution in [3.05, 3.63) is 34.4 Å². The van der Waals surface area contributed by atoms with Crippen molar-refractivity contribution >= 4 is 15.7 Å². The standard InChI is InChI=1S/C20H29F2N3O5S/c1-14(2)24-12-9-16(10-13-24)30-18-4-3-11-20(21,22)19(18)23-31(28,29)17-7-5-15(6-8-17)25(26)27/h5-8,14,16,18-19,23H,3-4,9-13H2,1-2H3/t18-,19+/m0/s1. The second-order valence-corrected chi connectivity index (χ2v) is 10.2. The van der Waals surface area contributed by atoms with Crippen LogP contribution in [0.1, 0.15) is 46.0 Å². The number of benzene rings is 1. The molecule has 1 N–H and O–H groups in total. The van der Waals surface area contributed by atoms with Crippen LogP contribution in [0.25, 0.3) is 0 Å². The Morgan fingerprint density at radius 1 is 1.19 bits per heavy atom. The highest BCUT2D eigenvalue weighted by atomic mass is 32.2. The fourth-order valence-electron chi connectivity index (χ4n) is 4.20. The number of hydrogen-bond acceptors (Lipinski definition) is 6. The molecule has 2 atom stereocenters. The van der Waals surface area contributed by atoms with Gasteiger partial charge in [0.1, 0.15) is 6.04 Å². The summed E-state index contributed by atoms with van der Waals surface area (Å²) >= 11 is 0. The number of hydrogen-bond donors (Lipinski definition) is 1. The van der Waals surface area contributed by atoms with Crippen molar-refractivity contribution in [2.45, 2.75) is 81.1 Å². The molecule has 3 rings (SSSR count). The normalized spacial score (nSPS) is 25.6. The van der Waals surface area contributed by atoms with E-state index in [9.17, 15) is 27.3 Å². The SMILES string of the molecule is CC(C)N1CCC(O[C@H]2CCCC(F)(F)[C@@H]2NS(=O)(=O)c2ccc([N+](=O)[O-])cc2)CC1. The molecule has 31 heavy (non-hydrogen) atoms. The van der Waals surface area contributed by atoms with Crippen LogP contribution in [0, 0.1) is 10.1 Å². The molecule has 2 aliphatic rings. The smallest absolute Gasteiger partial charge is 0.269 e. The van der Waals surface area contributed by atoms with E-state index in [0.717, 1.165) is 37.4 Å². The Labute approximate surface area is 181 Å². The maximum atomic E-state index is 14.8. The highest BCUT2D eigenvalue weighted by Gasteiger charge is 2.50. The Morgan fingerprint density at radius 2 is 1.81 bits per heavy atom. The summed E-state index contributed by atoms with van der Waals surface area (Å²) in [4.78, 5) is 12.1. The zero-order chi connectivity index (χ0) is 22.8. The molecule has 0 radical (unpaired) electrons. The maximum absolute atomic E-state index is 14.8. The number of nitro benzene ring substituents is 1. The van der Waals surface area contributed by atoms with E-state index in [1.807, 2.05) is 0 Å². The summed E-state index contributed by atoms with van der Waals surface area (Å²) in [5.41, 5.74) is -0.282. The minimum Gasteiger partial charge on any atom is -0.373 e. The van der Waals surface area contributed by atoms with E-state index in [2.05, 4.69) is 23.5 Å². The number of alkyl halides is 2. The summed E-state index contributed by atoms with van der Waals surface area (Å²) in [7, 11) is -4.31. The predicted octanol–water partition coefficient (Wildman–Crippen LogP) is 3.32. The van der Waals surface area contributed by atoms with Gasteiger partial charge in [-0.1, -0.05) is 0 Å². The summed E-state index contributed by atoms with van der Waals surface area (Å²) < 4.78 is 63.2. The molecule has 0 amide bonds. The van der Waals surface area contributed by atoms with Gasteiger partial charge in [0.15, 0.2) is 0 Å². The van der Waals surface area contributed by atoms with Gasteiger partial charge >= 0.3 is 0 Å². The Kier molecular flexibility index (Phi) is 7.29. The van der Waals surface area contributed by atoms with E-state index < -0.39 is 39.4 Å². The lowest BCUT2D eigenvalue weighted by molar-refractivity contribution is -0.384. The molecule has 0 unspecified atom stereocenters. The number of likely N-dealkylation sites (tertiary alicyclic amines) is 1. The highest BCUT2D eigenvalue weighted by Crippen LogP contribution is 2.37. The summed E-state index contributed by atoms with van der Waals surface area (Å²) in [6.07, 6.45) is 0.453. The average Bonchev–Trinajstić information content (AvgIpc) is 2.71. The number of piperidine rings is 1. The zero-order valence-electron chi connectivity index (χ0n) is 17.7. The van der Waals surface area contributed by atoms with Crippen LogP contribution in [0.3, 0.4) is 0 Å². The Morgan fingerprint density at radius 3 is 2.35 bits per heavy atom. The number of ether oxygens (including phenoxy) is 1. The molecular formula is C20H29F2N3O5S. The second-order valence-electron chi connectivity index (χ2n) is 8.51. The third kappa shape index (κ3) is 5.76. The topological polar surface area (TPSA) is 102 Å². The van der Waals surface area contributed by atoms with Crippen LogP contribution in [-0.2, 0) is 14.8 Å². The van der Waals surface area contributed by atoms with Crippen LogP contribution in [0.4, 0.5) is 14.5 Å². The van der Waals surface area contributed by atoms with E-state index in [0.29, 0.717) is 25.3 Å². The van der Waals surface area contributed by atoms with Gasteiger partial charge < -0.3 is 9.64 Å². The van der Waals surface area contributed by atoms with Gasteiger partial charge in [0.05, 0.1) is 22.0 Å². The van der Waals surface area contributed by atoms with Crippen LogP contribution < -0.4 is 4.72 Å². The third-order valence-electron chi connectivity index (χ3n) is 6.04. The quantitative estimate of drug-likeness (QED) is 0.494. The molecule has 0 spiro atoms. The van der Waals surface area contributed by atoms with Gasteiger partial charge in [-0.3, -0.25) is 10.1 Å². The number of halogens is 2. The Balaban J connectivity index is 1.73. The lowest BCUT2D eigenvalue weighted by Gasteiger charge is -2.41. The first-order valence-electron chi connectivity index (χ1n) is 10.5. The van der Waals surface area contributed by atoms with E-state index in [-0.39, 0.29) is 23.1 Å². The van der Waals surface area contributed by atoms with Crippen LogP contribution in [0.5, 0.6) is 0 Å². The first-order valence-corrected chi connectivity index (χ1v) is 12.0. The molecular weight excluding hydrogens is 432 g/mol.